The van der Waals surface area contributed by atoms with Crippen LogP contribution in [0, 0.1) is 0 Å². The highest BCUT2D eigenvalue weighted by Gasteiger charge is 1.91. The van der Waals surface area contributed by atoms with Crippen LogP contribution in [-0.4, -0.2) is 19.1 Å². The fourth-order valence-corrected chi connectivity index (χ4v) is 0.244. The molecule has 0 spiro atoms. The Kier molecular flexibility index (Phi) is 3.28. The van der Waals surface area contributed by atoms with Crippen molar-refractivity contribution in [1.82, 2.24) is 5.32 Å². The summed E-state index contributed by atoms with van der Waals surface area (Å²) in [6.45, 7) is 1.34. The standard InChI is InChI=1S/C4H8FNO/c1-2-6-4(7)3-5/h2-3H2,1H3,(H,6,7). The second-order valence-corrected chi connectivity index (χ2v) is 1.09. The van der Waals surface area contributed by atoms with Crippen molar-refractivity contribution in [2.75, 3.05) is 13.2 Å². The van der Waals surface area contributed by atoms with Crippen LogP contribution < -0.4 is 5.32 Å². The van der Waals surface area contributed by atoms with Crippen LogP contribution in [0.25, 0.3) is 0 Å². The third-order valence-corrected chi connectivity index (χ3v) is 0.495. The van der Waals surface area contributed by atoms with Crippen molar-refractivity contribution < 1.29 is 9.18 Å². The summed E-state index contributed by atoms with van der Waals surface area (Å²) in [5.74, 6) is -0.539. The van der Waals surface area contributed by atoms with Gasteiger partial charge >= 0.3 is 0 Å². The van der Waals surface area contributed by atoms with Gasteiger partial charge in [-0.15, -0.1) is 0 Å². The van der Waals surface area contributed by atoms with Gasteiger partial charge in [0, 0.05) is 6.54 Å². The van der Waals surface area contributed by atoms with E-state index in [9.17, 15) is 9.18 Å². The Balaban J connectivity index is 3.00. The molecule has 0 saturated heterocycles. The molecule has 0 rings (SSSR count). The molecule has 0 saturated carbocycles. The van der Waals surface area contributed by atoms with E-state index < -0.39 is 12.6 Å². The maximum absolute atomic E-state index is 11.2. The zero-order valence-electron chi connectivity index (χ0n) is 4.20. The zero-order chi connectivity index (χ0) is 5.70. The third-order valence-electron chi connectivity index (χ3n) is 0.495. The molecule has 0 heterocycles. The van der Waals surface area contributed by atoms with E-state index in [2.05, 4.69) is 5.32 Å². The number of rotatable bonds is 2. The molecule has 0 aliphatic rings. The molecule has 0 aromatic rings. The van der Waals surface area contributed by atoms with Gasteiger partial charge in [0.1, 0.15) is 0 Å². The topological polar surface area (TPSA) is 29.1 Å². The second-order valence-electron chi connectivity index (χ2n) is 1.09. The molecule has 42 valence electrons. The van der Waals surface area contributed by atoms with Gasteiger partial charge in [-0.05, 0) is 6.92 Å². The highest BCUT2D eigenvalue weighted by Crippen LogP contribution is 1.64. The number of amides is 1. The summed E-state index contributed by atoms with van der Waals surface area (Å²) in [4.78, 5) is 9.93. The summed E-state index contributed by atoms with van der Waals surface area (Å²) in [5, 5.41) is 2.28. The SMILES string of the molecule is CCNC(=O)CF. The van der Waals surface area contributed by atoms with Gasteiger partial charge in [0.05, 0.1) is 0 Å². The molecular weight excluding hydrogens is 97.0 g/mol. The summed E-state index contributed by atoms with van der Waals surface area (Å²) in [5.41, 5.74) is 0. The number of carbonyl (C=O) groups excluding carboxylic acids is 1. The van der Waals surface area contributed by atoms with Gasteiger partial charge in [-0.1, -0.05) is 0 Å². The van der Waals surface area contributed by atoms with Gasteiger partial charge < -0.3 is 5.32 Å². The van der Waals surface area contributed by atoms with E-state index in [1.165, 1.54) is 0 Å². The van der Waals surface area contributed by atoms with E-state index in [-0.39, 0.29) is 0 Å². The molecule has 0 unspecified atom stereocenters. The summed E-state index contributed by atoms with van der Waals surface area (Å²) in [6.07, 6.45) is 0. The van der Waals surface area contributed by atoms with E-state index in [0.717, 1.165) is 0 Å². The number of hydrogen-bond acceptors (Lipinski definition) is 1. The first kappa shape index (κ1) is 6.40. The summed E-state index contributed by atoms with van der Waals surface area (Å²) >= 11 is 0. The highest BCUT2D eigenvalue weighted by molar-refractivity contribution is 5.76. The monoisotopic (exact) mass is 105 g/mol. The summed E-state index contributed by atoms with van der Waals surface area (Å²) < 4.78 is 11.2. The van der Waals surface area contributed by atoms with Crippen molar-refractivity contribution in [3.63, 3.8) is 0 Å². The Morgan fingerprint density at radius 2 is 2.43 bits per heavy atom. The number of hydrogen-bond donors (Lipinski definition) is 1. The lowest BCUT2D eigenvalue weighted by Crippen LogP contribution is -2.23. The Labute approximate surface area is 41.7 Å². The summed E-state index contributed by atoms with van der Waals surface area (Å²) in [7, 11) is 0. The number of halogens is 1. The van der Waals surface area contributed by atoms with Crippen LogP contribution in [0.1, 0.15) is 6.92 Å². The first-order valence-electron chi connectivity index (χ1n) is 2.14. The average Bonchev–Trinajstić information content (AvgIpc) is 1.68. The molecule has 7 heavy (non-hydrogen) atoms. The lowest BCUT2D eigenvalue weighted by molar-refractivity contribution is -0.121. The minimum Gasteiger partial charge on any atom is -0.354 e. The molecule has 0 aliphatic carbocycles. The van der Waals surface area contributed by atoms with Gasteiger partial charge in [-0.25, -0.2) is 4.39 Å². The number of nitrogens with one attached hydrogen (secondary N) is 1. The largest absolute Gasteiger partial charge is 0.354 e. The average molecular weight is 105 g/mol. The van der Waals surface area contributed by atoms with Crippen molar-refractivity contribution in [1.29, 1.82) is 0 Å². The molecule has 0 aromatic carbocycles. The normalized spacial score (nSPS) is 8.29. The fourth-order valence-electron chi connectivity index (χ4n) is 0.244. The van der Waals surface area contributed by atoms with Crippen LogP contribution in [0.4, 0.5) is 4.39 Å². The van der Waals surface area contributed by atoms with E-state index in [0.29, 0.717) is 6.54 Å². The van der Waals surface area contributed by atoms with Crippen molar-refractivity contribution in [2.24, 2.45) is 0 Å². The van der Waals surface area contributed by atoms with Crippen molar-refractivity contribution >= 4 is 5.91 Å². The fraction of sp³-hybridized carbons (Fsp3) is 0.750. The molecule has 0 aromatic heterocycles. The molecule has 2 nitrogen and oxygen atoms in total. The lowest BCUT2D eigenvalue weighted by Gasteiger charge is -1.91. The minimum absolute atomic E-state index is 0.503. The number of carbonyl (C=O) groups is 1. The van der Waals surface area contributed by atoms with Crippen molar-refractivity contribution in [3.8, 4) is 0 Å². The second kappa shape index (κ2) is 3.59. The molecule has 0 fully saturated rings. The van der Waals surface area contributed by atoms with Crippen LogP contribution in [-0.2, 0) is 4.79 Å². The maximum atomic E-state index is 11.2. The van der Waals surface area contributed by atoms with Gasteiger partial charge in [-0.3, -0.25) is 4.79 Å². The summed E-state index contributed by atoms with van der Waals surface area (Å²) in [6, 6.07) is 0. The van der Waals surface area contributed by atoms with E-state index in [1.54, 1.807) is 6.92 Å². The Bertz CT molecular complexity index is 64.7. The van der Waals surface area contributed by atoms with Crippen LogP contribution in [0.5, 0.6) is 0 Å². The van der Waals surface area contributed by atoms with Crippen molar-refractivity contribution in [2.45, 2.75) is 6.92 Å². The smallest absolute Gasteiger partial charge is 0.251 e. The molecule has 0 bridgehead atoms. The highest BCUT2D eigenvalue weighted by atomic mass is 19.1. The molecule has 1 N–H and O–H groups in total. The maximum Gasteiger partial charge on any atom is 0.251 e. The Morgan fingerprint density at radius 1 is 1.86 bits per heavy atom. The minimum atomic E-state index is -0.909. The van der Waals surface area contributed by atoms with E-state index in [4.69, 9.17) is 0 Å². The molecule has 0 atom stereocenters. The van der Waals surface area contributed by atoms with Crippen LogP contribution >= 0.6 is 0 Å². The number of alkyl halides is 1. The van der Waals surface area contributed by atoms with Gasteiger partial charge in [-0.2, -0.15) is 0 Å². The zero-order valence-corrected chi connectivity index (χ0v) is 4.20. The van der Waals surface area contributed by atoms with E-state index >= 15 is 0 Å². The molecular formula is C4H8FNO. The van der Waals surface area contributed by atoms with Gasteiger partial charge in [0.25, 0.3) is 5.91 Å². The first-order valence-corrected chi connectivity index (χ1v) is 2.14. The quantitative estimate of drug-likeness (QED) is 0.530. The Hall–Kier alpha value is -0.600. The predicted molar refractivity (Wildman–Crippen MR) is 24.7 cm³/mol. The lowest BCUT2D eigenvalue weighted by atomic mass is 10.6. The predicted octanol–water partition coefficient (Wildman–Crippen LogP) is 0.0920. The van der Waals surface area contributed by atoms with Crippen LogP contribution in [0.15, 0.2) is 0 Å². The van der Waals surface area contributed by atoms with Crippen LogP contribution in [0.3, 0.4) is 0 Å². The molecule has 1 amide bonds. The first-order chi connectivity index (χ1) is 3.31. The Morgan fingerprint density at radius 3 is 2.57 bits per heavy atom. The van der Waals surface area contributed by atoms with Crippen molar-refractivity contribution in [3.05, 3.63) is 0 Å². The molecule has 0 radical (unpaired) electrons. The molecule has 3 heteroatoms. The van der Waals surface area contributed by atoms with Gasteiger partial charge in [0.2, 0.25) is 0 Å². The van der Waals surface area contributed by atoms with Gasteiger partial charge in [0.15, 0.2) is 6.67 Å². The van der Waals surface area contributed by atoms with E-state index in [1.807, 2.05) is 0 Å². The molecule has 0 aliphatic heterocycles. The van der Waals surface area contributed by atoms with Crippen LogP contribution in [0.2, 0.25) is 0 Å². The third kappa shape index (κ3) is 3.22.